The maximum atomic E-state index is 14.0. The molecule has 0 bridgehead atoms. The van der Waals surface area contributed by atoms with Gasteiger partial charge in [0.2, 0.25) is 5.91 Å². The van der Waals surface area contributed by atoms with E-state index in [0.717, 1.165) is 0 Å². The second kappa shape index (κ2) is 9.91. The number of carbonyl (C=O) groups excluding carboxylic acids is 2. The van der Waals surface area contributed by atoms with Crippen LogP contribution < -0.4 is 5.32 Å². The Morgan fingerprint density at radius 1 is 1.03 bits per heavy atom. The molecule has 0 atom stereocenters. The maximum absolute atomic E-state index is 14.0. The molecule has 0 saturated heterocycles. The molecule has 182 valence electrons. The van der Waals surface area contributed by atoms with Crippen molar-refractivity contribution in [2.75, 3.05) is 11.9 Å². The highest BCUT2D eigenvalue weighted by atomic mass is 16.3. The van der Waals surface area contributed by atoms with Crippen LogP contribution in [0.4, 0.5) is 5.69 Å². The van der Waals surface area contributed by atoms with Crippen LogP contribution in [0.5, 0.6) is 0 Å². The van der Waals surface area contributed by atoms with Crippen molar-refractivity contribution in [3.63, 3.8) is 0 Å². The molecule has 0 spiro atoms. The van der Waals surface area contributed by atoms with Gasteiger partial charge in [-0.3, -0.25) is 9.59 Å². The zero-order valence-corrected chi connectivity index (χ0v) is 19.9. The molecule has 0 aliphatic rings. The highest BCUT2D eigenvalue weighted by Crippen LogP contribution is 2.28. The number of pyridine rings is 1. The molecular weight excluding hydrogens is 458 g/mol. The van der Waals surface area contributed by atoms with E-state index in [9.17, 15) is 9.59 Å². The van der Waals surface area contributed by atoms with Crippen LogP contribution in [0.15, 0.2) is 88.2 Å². The first-order chi connectivity index (χ1) is 17.5. The van der Waals surface area contributed by atoms with Crippen molar-refractivity contribution in [1.82, 2.24) is 19.7 Å². The summed E-state index contributed by atoms with van der Waals surface area (Å²) in [5, 5.41) is 7.90. The summed E-state index contributed by atoms with van der Waals surface area (Å²) in [6.07, 6.45) is 4.73. The molecule has 1 N–H and O–H groups in total. The van der Waals surface area contributed by atoms with Crippen molar-refractivity contribution in [3.05, 3.63) is 90.7 Å². The first kappa shape index (κ1) is 23.1. The minimum atomic E-state index is -0.349. The summed E-state index contributed by atoms with van der Waals surface area (Å²) in [6, 6.07) is 17.9. The topological polar surface area (TPSA) is 106 Å². The fraction of sp³-hybridized carbons (Fsp3) is 0.185. The van der Waals surface area contributed by atoms with Crippen LogP contribution in [0.2, 0.25) is 0 Å². The molecule has 1 aromatic carbocycles. The standard InChI is InChI=1S/C27H25N5O4/c1-18(2)32-26-22(15-28-32)21(14-23(30-26)24-11-7-13-36-24)27(34)31(16-20-10-6-12-35-20)17-25(33)29-19-8-4-3-5-9-19/h3-15,18H,16-17H2,1-2H3,(H,29,33). The molecule has 9 heteroatoms. The van der Waals surface area contributed by atoms with Crippen LogP contribution in [0.3, 0.4) is 0 Å². The number of carbonyl (C=O) groups is 2. The largest absolute Gasteiger partial charge is 0.467 e. The smallest absolute Gasteiger partial charge is 0.255 e. The van der Waals surface area contributed by atoms with Crippen LogP contribution >= 0.6 is 0 Å². The van der Waals surface area contributed by atoms with E-state index >= 15 is 0 Å². The average molecular weight is 484 g/mol. The molecule has 36 heavy (non-hydrogen) atoms. The molecule has 0 radical (unpaired) electrons. The number of nitrogens with one attached hydrogen (secondary N) is 1. The summed E-state index contributed by atoms with van der Waals surface area (Å²) in [4.78, 5) is 33.1. The molecule has 0 aliphatic carbocycles. The summed E-state index contributed by atoms with van der Waals surface area (Å²) in [6.45, 7) is 3.93. The molecule has 5 rings (SSSR count). The Morgan fingerprint density at radius 3 is 2.50 bits per heavy atom. The highest BCUT2D eigenvalue weighted by Gasteiger charge is 2.25. The minimum Gasteiger partial charge on any atom is -0.467 e. The van der Waals surface area contributed by atoms with Crippen LogP contribution in [-0.2, 0) is 11.3 Å². The fourth-order valence-corrected chi connectivity index (χ4v) is 3.98. The maximum Gasteiger partial charge on any atom is 0.255 e. The van der Waals surface area contributed by atoms with Crippen molar-refractivity contribution in [2.24, 2.45) is 0 Å². The predicted octanol–water partition coefficient (Wildman–Crippen LogP) is 5.15. The lowest BCUT2D eigenvalue weighted by Gasteiger charge is -2.22. The molecule has 5 aromatic rings. The Balaban J connectivity index is 1.54. The summed E-state index contributed by atoms with van der Waals surface area (Å²) >= 11 is 0. The summed E-state index contributed by atoms with van der Waals surface area (Å²) < 4.78 is 12.8. The lowest BCUT2D eigenvalue weighted by molar-refractivity contribution is -0.117. The molecule has 0 aliphatic heterocycles. The van der Waals surface area contributed by atoms with E-state index in [1.54, 1.807) is 59.6 Å². The minimum absolute atomic E-state index is 0.0284. The van der Waals surface area contributed by atoms with E-state index in [4.69, 9.17) is 13.8 Å². The van der Waals surface area contributed by atoms with Gasteiger partial charge in [-0.2, -0.15) is 5.10 Å². The zero-order valence-electron chi connectivity index (χ0n) is 19.9. The Labute approximate surface area is 207 Å². The van der Waals surface area contributed by atoms with Gasteiger partial charge in [0.1, 0.15) is 18.0 Å². The van der Waals surface area contributed by atoms with Crippen molar-refractivity contribution in [1.29, 1.82) is 0 Å². The molecule has 0 saturated carbocycles. The lowest BCUT2D eigenvalue weighted by Crippen LogP contribution is -2.37. The molecule has 2 amide bonds. The van der Waals surface area contributed by atoms with Gasteiger partial charge in [0.05, 0.1) is 36.2 Å². The average Bonchev–Trinajstić information content (AvgIpc) is 3.65. The second-order valence-corrected chi connectivity index (χ2v) is 8.61. The number of hydrogen-bond acceptors (Lipinski definition) is 6. The van der Waals surface area contributed by atoms with Gasteiger partial charge in [-0.1, -0.05) is 18.2 Å². The third kappa shape index (κ3) is 4.76. The van der Waals surface area contributed by atoms with Crippen LogP contribution in [0.1, 0.15) is 36.0 Å². The fourth-order valence-electron chi connectivity index (χ4n) is 3.98. The van der Waals surface area contributed by atoms with Gasteiger partial charge in [-0.05, 0) is 56.3 Å². The first-order valence-corrected chi connectivity index (χ1v) is 11.6. The van der Waals surface area contributed by atoms with E-state index in [0.29, 0.717) is 39.5 Å². The lowest BCUT2D eigenvalue weighted by atomic mass is 10.1. The number of nitrogens with zero attached hydrogens (tertiary/aromatic N) is 4. The van der Waals surface area contributed by atoms with E-state index < -0.39 is 0 Å². The number of rotatable bonds is 8. The molecule has 9 nitrogen and oxygen atoms in total. The third-order valence-electron chi connectivity index (χ3n) is 5.67. The van der Waals surface area contributed by atoms with Crippen LogP contribution in [0, 0.1) is 0 Å². The third-order valence-corrected chi connectivity index (χ3v) is 5.67. The zero-order chi connectivity index (χ0) is 25.1. The summed E-state index contributed by atoms with van der Waals surface area (Å²) in [5.41, 5.74) is 2.09. The number of para-hydroxylation sites is 1. The Bertz CT molecular complexity index is 1470. The van der Waals surface area contributed by atoms with Gasteiger partial charge >= 0.3 is 0 Å². The van der Waals surface area contributed by atoms with Gasteiger partial charge in [0.25, 0.3) is 5.91 Å². The number of anilines is 1. The van der Waals surface area contributed by atoms with Gasteiger partial charge < -0.3 is 19.1 Å². The Morgan fingerprint density at radius 2 is 1.81 bits per heavy atom. The Hall–Kier alpha value is -4.66. The monoisotopic (exact) mass is 483 g/mol. The van der Waals surface area contributed by atoms with Crippen molar-refractivity contribution in [2.45, 2.75) is 26.4 Å². The van der Waals surface area contributed by atoms with Gasteiger partial charge in [0.15, 0.2) is 11.4 Å². The molecular formula is C27H25N5O4. The van der Waals surface area contributed by atoms with Gasteiger partial charge in [-0.25, -0.2) is 9.67 Å². The second-order valence-electron chi connectivity index (χ2n) is 8.61. The van der Waals surface area contributed by atoms with Crippen LogP contribution in [0.25, 0.3) is 22.5 Å². The number of furan rings is 2. The van der Waals surface area contributed by atoms with E-state index in [1.807, 2.05) is 32.0 Å². The highest BCUT2D eigenvalue weighted by molar-refractivity contribution is 6.07. The van der Waals surface area contributed by atoms with E-state index in [-0.39, 0.29) is 30.9 Å². The van der Waals surface area contributed by atoms with E-state index in [1.165, 1.54) is 11.2 Å². The van der Waals surface area contributed by atoms with Crippen molar-refractivity contribution < 1.29 is 18.4 Å². The van der Waals surface area contributed by atoms with Crippen LogP contribution in [-0.4, -0.2) is 38.0 Å². The molecule has 4 heterocycles. The predicted molar refractivity (Wildman–Crippen MR) is 134 cm³/mol. The van der Waals surface area contributed by atoms with E-state index in [2.05, 4.69) is 10.4 Å². The van der Waals surface area contributed by atoms with Gasteiger partial charge in [0, 0.05) is 11.7 Å². The number of amides is 2. The van der Waals surface area contributed by atoms with Crippen molar-refractivity contribution >= 4 is 28.5 Å². The van der Waals surface area contributed by atoms with Gasteiger partial charge in [-0.15, -0.1) is 0 Å². The summed E-state index contributed by atoms with van der Waals surface area (Å²) in [7, 11) is 0. The Kier molecular flexibility index (Phi) is 6.36. The number of aromatic nitrogens is 3. The first-order valence-electron chi connectivity index (χ1n) is 11.6. The summed E-state index contributed by atoms with van der Waals surface area (Å²) in [5.74, 6) is 0.417. The molecule has 0 fully saturated rings. The number of fused-ring (bicyclic) bond motifs is 1. The molecule has 4 aromatic heterocycles. The molecule has 0 unspecified atom stereocenters. The SMILES string of the molecule is CC(C)n1ncc2c(C(=O)N(CC(=O)Nc3ccccc3)Cc3ccco3)cc(-c3ccco3)nc21. The number of benzene rings is 1. The quantitative estimate of drug-likeness (QED) is 0.327. The number of hydrogen-bond donors (Lipinski definition) is 1. The normalized spacial score (nSPS) is 11.2. The van der Waals surface area contributed by atoms with Crippen molar-refractivity contribution in [3.8, 4) is 11.5 Å².